The average molecular weight is 248 g/mol. The number of aromatic amines is 1. The fraction of sp³-hybridized carbons (Fsp3) is 0. The van der Waals surface area contributed by atoms with Gasteiger partial charge in [0.1, 0.15) is 5.69 Å². The number of H-pyrrole nitrogens is 1. The fourth-order valence-electron chi connectivity index (χ4n) is 1.97. The third-order valence-electron chi connectivity index (χ3n) is 2.93. The number of hydrogen-bond acceptors (Lipinski definition) is 2. The van der Waals surface area contributed by atoms with Crippen LogP contribution in [0.25, 0.3) is 22.5 Å². The minimum atomic E-state index is -0.0798. The molecule has 1 aromatic heterocycles. The molecule has 3 rings (SSSR count). The van der Waals surface area contributed by atoms with Crippen LogP contribution in [0.2, 0.25) is 0 Å². The Morgan fingerprint density at radius 2 is 1.37 bits per heavy atom. The van der Waals surface area contributed by atoms with Gasteiger partial charge in [-0.25, -0.2) is 0 Å². The van der Waals surface area contributed by atoms with Gasteiger partial charge in [-0.3, -0.25) is 9.89 Å². The first-order chi connectivity index (χ1) is 9.34. The molecule has 0 aliphatic rings. The summed E-state index contributed by atoms with van der Waals surface area (Å²) in [4.78, 5) is 12.1. The van der Waals surface area contributed by atoms with Crippen molar-refractivity contribution >= 4 is 0 Å². The van der Waals surface area contributed by atoms with Crippen molar-refractivity contribution in [2.24, 2.45) is 0 Å². The smallest absolute Gasteiger partial charge is 0.208 e. The molecular formula is C16H12N2O. The maximum atomic E-state index is 12.1. The molecule has 0 fully saturated rings. The van der Waals surface area contributed by atoms with Gasteiger partial charge in [0.05, 0.1) is 5.69 Å². The predicted molar refractivity (Wildman–Crippen MR) is 75.7 cm³/mol. The molecule has 3 heteroatoms. The number of hydrogen-bond donors (Lipinski definition) is 1. The lowest BCUT2D eigenvalue weighted by atomic mass is 10.1. The maximum Gasteiger partial charge on any atom is 0.208 e. The van der Waals surface area contributed by atoms with Crippen LogP contribution in [0.1, 0.15) is 0 Å². The number of rotatable bonds is 2. The summed E-state index contributed by atoms with van der Waals surface area (Å²) in [6.07, 6.45) is 0. The summed E-state index contributed by atoms with van der Waals surface area (Å²) in [5, 5.41) is 7.13. The number of aromatic nitrogens is 2. The number of benzene rings is 2. The molecule has 0 atom stereocenters. The van der Waals surface area contributed by atoms with E-state index < -0.39 is 0 Å². The Labute approximate surface area is 110 Å². The number of nitrogens with one attached hydrogen (secondary N) is 1. The highest BCUT2D eigenvalue weighted by Gasteiger charge is 2.06. The molecule has 0 bridgehead atoms. The van der Waals surface area contributed by atoms with Gasteiger partial charge in [-0.05, 0) is 5.56 Å². The highest BCUT2D eigenvalue weighted by atomic mass is 16.1. The summed E-state index contributed by atoms with van der Waals surface area (Å²) in [5.74, 6) is 0. The normalized spacial score (nSPS) is 10.3. The number of nitrogens with zero attached hydrogens (tertiary/aromatic N) is 1. The van der Waals surface area contributed by atoms with Crippen LogP contribution in [0.5, 0.6) is 0 Å². The second-order valence-corrected chi connectivity index (χ2v) is 4.23. The largest absolute Gasteiger partial charge is 0.287 e. The lowest BCUT2D eigenvalue weighted by Crippen LogP contribution is -2.08. The summed E-state index contributed by atoms with van der Waals surface area (Å²) in [5.41, 5.74) is 2.87. The van der Waals surface area contributed by atoms with Crippen LogP contribution in [0.4, 0.5) is 0 Å². The highest BCUT2D eigenvalue weighted by Crippen LogP contribution is 2.16. The van der Waals surface area contributed by atoms with Crippen LogP contribution in [-0.2, 0) is 0 Å². The van der Waals surface area contributed by atoms with E-state index in [1.54, 1.807) is 6.07 Å². The molecule has 0 amide bonds. The van der Waals surface area contributed by atoms with Crippen molar-refractivity contribution in [2.75, 3.05) is 0 Å². The minimum Gasteiger partial charge on any atom is -0.287 e. The molecule has 0 spiro atoms. The summed E-state index contributed by atoms with van der Waals surface area (Å²) in [7, 11) is 0. The third kappa shape index (κ3) is 2.31. The summed E-state index contributed by atoms with van der Waals surface area (Å²) < 4.78 is 0. The molecule has 3 nitrogen and oxygen atoms in total. The van der Waals surface area contributed by atoms with Gasteiger partial charge in [-0.2, -0.15) is 5.10 Å². The van der Waals surface area contributed by atoms with Crippen molar-refractivity contribution < 1.29 is 0 Å². The van der Waals surface area contributed by atoms with Crippen molar-refractivity contribution in [3.8, 4) is 22.5 Å². The Morgan fingerprint density at radius 3 is 1.95 bits per heavy atom. The minimum absolute atomic E-state index is 0.0798. The van der Waals surface area contributed by atoms with E-state index in [2.05, 4.69) is 10.2 Å². The predicted octanol–water partition coefficient (Wildman–Crippen LogP) is 3.10. The van der Waals surface area contributed by atoms with E-state index in [0.29, 0.717) is 5.69 Å². The molecule has 0 radical (unpaired) electrons. The molecule has 0 unspecified atom stereocenters. The Morgan fingerprint density at radius 1 is 0.789 bits per heavy atom. The van der Waals surface area contributed by atoms with Crippen LogP contribution in [0.15, 0.2) is 71.5 Å². The van der Waals surface area contributed by atoms with E-state index >= 15 is 0 Å². The molecule has 92 valence electrons. The average Bonchev–Trinajstić information content (AvgIpc) is 2.49. The zero-order chi connectivity index (χ0) is 13.1. The Balaban J connectivity index is 2.07. The molecule has 0 saturated carbocycles. The lowest BCUT2D eigenvalue weighted by molar-refractivity contribution is 1.03. The van der Waals surface area contributed by atoms with Gasteiger partial charge in [0.15, 0.2) is 0 Å². The van der Waals surface area contributed by atoms with Crippen LogP contribution < -0.4 is 5.43 Å². The molecule has 1 heterocycles. The highest BCUT2D eigenvalue weighted by molar-refractivity contribution is 5.63. The third-order valence-corrected chi connectivity index (χ3v) is 2.93. The van der Waals surface area contributed by atoms with Gasteiger partial charge in [-0.15, -0.1) is 0 Å². The van der Waals surface area contributed by atoms with Crippen LogP contribution in [0.3, 0.4) is 0 Å². The molecule has 2 aromatic carbocycles. The summed E-state index contributed by atoms with van der Waals surface area (Å²) in [6.45, 7) is 0. The van der Waals surface area contributed by atoms with E-state index in [1.807, 2.05) is 60.7 Å². The van der Waals surface area contributed by atoms with Crippen molar-refractivity contribution in [2.45, 2.75) is 0 Å². The van der Waals surface area contributed by atoms with Crippen LogP contribution in [0, 0.1) is 0 Å². The first-order valence-electron chi connectivity index (χ1n) is 6.05. The molecule has 1 N–H and O–H groups in total. The van der Waals surface area contributed by atoms with Crippen molar-refractivity contribution in [1.82, 2.24) is 10.2 Å². The van der Waals surface area contributed by atoms with E-state index in [9.17, 15) is 4.79 Å². The Bertz CT molecular complexity index is 733. The first-order valence-corrected chi connectivity index (χ1v) is 6.05. The maximum absolute atomic E-state index is 12.1. The van der Waals surface area contributed by atoms with Crippen LogP contribution in [-0.4, -0.2) is 10.2 Å². The molecular weight excluding hydrogens is 236 g/mol. The Kier molecular flexibility index (Phi) is 2.94. The van der Waals surface area contributed by atoms with Crippen molar-refractivity contribution in [3.63, 3.8) is 0 Å². The van der Waals surface area contributed by atoms with E-state index in [4.69, 9.17) is 0 Å². The van der Waals surface area contributed by atoms with Gasteiger partial charge >= 0.3 is 0 Å². The molecule has 0 saturated heterocycles. The molecule has 0 aliphatic carbocycles. The zero-order valence-corrected chi connectivity index (χ0v) is 10.2. The van der Waals surface area contributed by atoms with Crippen molar-refractivity contribution in [1.29, 1.82) is 0 Å². The second kappa shape index (κ2) is 4.90. The first kappa shape index (κ1) is 11.4. The molecule has 0 aliphatic heterocycles. The summed E-state index contributed by atoms with van der Waals surface area (Å²) >= 11 is 0. The topological polar surface area (TPSA) is 45.8 Å². The van der Waals surface area contributed by atoms with Crippen LogP contribution >= 0.6 is 0 Å². The van der Waals surface area contributed by atoms with Gasteiger partial charge in [-0.1, -0.05) is 60.7 Å². The van der Waals surface area contributed by atoms with Gasteiger partial charge < -0.3 is 0 Å². The van der Waals surface area contributed by atoms with E-state index in [1.165, 1.54) is 0 Å². The second-order valence-electron chi connectivity index (χ2n) is 4.23. The van der Waals surface area contributed by atoms with Crippen molar-refractivity contribution in [3.05, 3.63) is 77.0 Å². The lowest BCUT2D eigenvalue weighted by Gasteiger charge is -2.03. The monoisotopic (exact) mass is 248 g/mol. The van der Waals surface area contributed by atoms with Gasteiger partial charge in [0, 0.05) is 11.6 Å². The summed E-state index contributed by atoms with van der Waals surface area (Å²) in [6, 6.07) is 20.7. The molecule has 3 aromatic rings. The quantitative estimate of drug-likeness (QED) is 0.757. The standard InChI is InChI=1S/C16H12N2O/c19-15-11-14(12-7-3-1-4-8-12)17-18-16(15)13-9-5-2-6-10-13/h1-11H,(H,17,19). The van der Waals surface area contributed by atoms with Gasteiger partial charge in [0.2, 0.25) is 5.43 Å². The van der Waals surface area contributed by atoms with Gasteiger partial charge in [0.25, 0.3) is 0 Å². The van der Waals surface area contributed by atoms with E-state index in [-0.39, 0.29) is 5.43 Å². The van der Waals surface area contributed by atoms with E-state index in [0.717, 1.165) is 16.8 Å². The fourth-order valence-corrected chi connectivity index (χ4v) is 1.97. The molecule has 19 heavy (non-hydrogen) atoms. The zero-order valence-electron chi connectivity index (χ0n) is 10.2. The Hall–Kier alpha value is -2.68. The SMILES string of the molecule is O=c1cc(-c2ccccc2)[nH]nc1-c1ccccc1.